The van der Waals surface area contributed by atoms with Gasteiger partial charge in [0, 0.05) is 6.42 Å². The molecule has 94 valence electrons. The van der Waals surface area contributed by atoms with Gasteiger partial charge in [0.25, 0.3) is 0 Å². The summed E-state index contributed by atoms with van der Waals surface area (Å²) in [7, 11) is 0. The fourth-order valence-electron chi connectivity index (χ4n) is 1.83. The van der Waals surface area contributed by atoms with E-state index in [4.69, 9.17) is 0 Å². The lowest BCUT2D eigenvalue weighted by Crippen LogP contribution is -2.30. The summed E-state index contributed by atoms with van der Waals surface area (Å²) in [5.74, 6) is 0.376. The molecule has 2 aromatic carbocycles. The maximum atomic E-state index is 11.5. The van der Waals surface area contributed by atoms with Gasteiger partial charge in [0.2, 0.25) is 5.91 Å². The van der Waals surface area contributed by atoms with Gasteiger partial charge in [-0.3, -0.25) is 15.6 Å². The van der Waals surface area contributed by atoms with Crippen molar-refractivity contribution in [1.82, 2.24) is 5.43 Å². The highest BCUT2D eigenvalue weighted by molar-refractivity contribution is 5.86. The minimum atomic E-state index is 0.0122. The van der Waals surface area contributed by atoms with Crippen LogP contribution in [-0.2, 0) is 4.79 Å². The van der Waals surface area contributed by atoms with E-state index in [1.165, 1.54) is 5.39 Å². The normalized spacial score (nSPS) is 10.6. The van der Waals surface area contributed by atoms with Crippen molar-refractivity contribution in [3.8, 4) is 0 Å². The van der Waals surface area contributed by atoms with Gasteiger partial charge in [-0.2, -0.15) is 0 Å². The molecule has 0 bridgehead atoms. The van der Waals surface area contributed by atoms with Gasteiger partial charge >= 0.3 is 0 Å². The van der Waals surface area contributed by atoms with Crippen LogP contribution in [0.1, 0.15) is 20.3 Å². The average molecular weight is 242 g/mol. The van der Waals surface area contributed by atoms with E-state index < -0.39 is 0 Å². The molecule has 0 saturated heterocycles. The standard InChI is InChI=1S/C15H18N2O/c1-11(2)9-15(18)17-16-14-8-7-12-5-3-4-6-13(12)10-14/h3-8,10-11,16H,9H2,1-2H3,(H,17,18). The summed E-state index contributed by atoms with van der Waals surface area (Å²) >= 11 is 0. The number of hydrogen-bond donors (Lipinski definition) is 2. The number of amides is 1. The Morgan fingerprint density at radius 2 is 1.83 bits per heavy atom. The van der Waals surface area contributed by atoms with E-state index in [2.05, 4.69) is 23.0 Å². The molecule has 2 aromatic rings. The highest BCUT2D eigenvalue weighted by atomic mass is 16.2. The lowest BCUT2D eigenvalue weighted by atomic mass is 10.1. The van der Waals surface area contributed by atoms with Crippen LogP contribution in [0.2, 0.25) is 0 Å². The molecule has 0 aliphatic carbocycles. The van der Waals surface area contributed by atoms with Crippen LogP contribution in [0.3, 0.4) is 0 Å². The van der Waals surface area contributed by atoms with Crippen LogP contribution in [0.15, 0.2) is 42.5 Å². The predicted octanol–water partition coefficient (Wildman–Crippen LogP) is 3.33. The third kappa shape index (κ3) is 3.23. The van der Waals surface area contributed by atoms with Gasteiger partial charge < -0.3 is 0 Å². The van der Waals surface area contributed by atoms with Crippen molar-refractivity contribution in [1.29, 1.82) is 0 Å². The van der Waals surface area contributed by atoms with Gasteiger partial charge in [0.05, 0.1) is 5.69 Å². The van der Waals surface area contributed by atoms with Crippen LogP contribution in [0, 0.1) is 5.92 Å². The van der Waals surface area contributed by atoms with E-state index in [1.807, 2.05) is 44.2 Å². The first-order valence-corrected chi connectivity index (χ1v) is 6.19. The number of nitrogens with one attached hydrogen (secondary N) is 2. The fourth-order valence-corrected chi connectivity index (χ4v) is 1.83. The first kappa shape index (κ1) is 12.4. The summed E-state index contributed by atoms with van der Waals surface area (Å²) in [6.45, 7) is 4.05. The number of hydrogen-bond acceptors (Lipinski definition) is 2. The Bertz CT molecular complexity index is 549. The Hall–Kier alpha value is -2.03. The van der Waals surface area contributed by atoms with Crippen molar-refractivity contribution < 1.29 is 4.79 Å². The highest BCUT2D eigenvalue weighted by Crippen LogP contribution is 2.18. The number of carbonyl (C=O) groups excluding carboxylic acids is 1. The first-order valence-electron chi connectivity index (χ1n) is 6.19. The minimum Gasteiger partial charge on any atom is -0.299 e. The molecule has 3 heteroatoms. The first-order chi connectivity index (χ1) is 8.65. The number of benzene rings is 2. The number of anilines is 1. The maximum absolute atomic E-state index is 11.5. The molecule has 0 radical (unpaired) electrons. The van der Waals surface area contributed by atoms with Crippen molar-refractivity contribution in [3.05, 3.63) is 42.5 Å². The summed E-state index contributed by atoms with van der Waals surface area (Å²) in [5.41, 5.74) is 6.54. The Balaban J connectivity index is 2.01. The number of fused-ring (bicyclic) bond motifs is 1. The molecule has 0 aliphatic heterocycles. The highest BCUT2D eigenvalue weighted by Gasteiger charge is 2.03. The third-order valence-electron chi connectivity index (χ3n) is 2.69. The minimum absolute atomic E-state index is 0.0122. The molecule has 0 aromatic heterocycles. The predicted molar refractivity (Wildman–Crippen MR) is 75.2 cm³/mol. The summed E-state index contributed by atoms with van der Waals surface area (Å²) in [4.78, 5) is 11.5. The van der Waals surface area contributed by atoms with Gasteiger partial charge in [0.1, 0.15) is 0 Å². The monoisotopic (exact) mass is 242 g/mol. The molecule has 0 atom stereocenters. The fraction of sp³-hybridized carbons (Fsp3) is 0.267. The van der Waals surface area contributed by atoms with Gasteiger partial charge in [-0.25, -0.2) is 0 Å². The average Bonchev–Trinajstić information content (AvgIpc) is 2.35. The molecule has 2 N–H and O–H groups in total. The molecule has 3 nitrogen and oxygen atoms in total. The zero-order chi connectivity index (χ0) is 13.0. The van der Waals surface area contributed by atoms with Crippen LogP contribution in [0.4, 0.5) is 5.69 Å². The molecule has 0 fully saturated rings. The van der Waals surface area contributed by atoms with Crippen molar-refractivity contribution in [3.63, 3.8) is 0 Å². The summed E-state index contributed by atoms with van der Waals surface area (Å²) in [6.07, 6.45) is 0.528. The Morgan fingerprint density at radius 1 is 1.11 bits per heavy atom. The molecule has 0 saturated carbocycles. The second kappa shape index (κ2) is 5.54. The quantitative estimate of drug-likeness (QED) is 0.807. The van der Waals surface area contributed by atoms with Crippen LogP contribution in [-0.4, -0.2) is 5.91 Å². The molecule has 1 amide bonds. The SMILES string of the molecule is CC(C)CC(=O)NNc1ccc2ccccc2c1. The van der Waals surface area contributed by atoms with Gasteiger partial charge in [-0.1, -0.05) is 44.2 Å². The zero-order valence-corrected chi connectivity index (χ0v) is 10.7. The van der Waals surface area contributed by atoms with E-state index in [0.29, 0.717) is 12.3 Å². The topological polar surface area (TPSA) is 41.1 Å². The summed E-state index contributed by atoms with van der Waals surface area (Å²) in [5, 5.41) is 2.34. The number of carbonyl (C=O) groups is 1. The van der Waals surface area contributed by atoms with Crippen LogP contribution in [0.5, 0.6) is 0 Å². The van der Waals surface area contributed by atoms with E-state index in [-0.39, 0.29) is 5.91 Å². The maximum Gasteiger partial charge on any atom is 0.238 e. The molecule has 0 heterocycles. The second-order valence-corrected chi connectivity index (χ2v) is 4.83. The second-order valence-electron chi connectivity index (χ2n) is 4.83. The smallest absolute Gasteiger partial charge is 0.238 e. The molecular weight excluding hydrogens is 224 g/mol. The Morgan fingerprint density at radius 3 is 2.56 bits per heavy atom. The molecule has 0 aliphatic rings. The molecule has 2 rings (SSSR count). The summed E-state index contributed by atoms with van der Waals surface area (Å²) < 4.78 is 0. The lowest BCUT2D eigenvalue weighted by Gasteiger charge is -2.10. The van der Waals surface area contributed by atoms with E-state index in [0.717, 1.165) is 11.1 Å². The van der Waals surface area contributed by atoms with Crippen LogP contribution >= 0.6 is 0 Å². The van der Waals surface area contributed by atoms with Crippen LogP contribution < -0.4 is 10.9 Å². The largest absolute Gasteiger partial charge is 0.299 e. The third-order valence-corrected chi connectivity index (χ3v) is 2.69. The lowest BCUT2D eigenvalue weighted by molar-refractivity contribution is -0.121. The van der Waals surface area contributed by atoms with Gasteiger partial charge in [0.15, 0.2) is 0 Å². The zero-order valence-electron chi connectivity index (χ0n) is 10.7. The Labute approximate surface area is 107 Å². The molecule has 0 unspecified atom stereocenters. The van der Waals surface area contributed by atoms with E-state index in [9.17, 15) is 4.79 Å². The number of hydrazine groups is 1. The van der Waals surface area contributed by atoms with Gasteiger partial charge in [-0.15, -0.1) is 0 Å². The Kier molecular flexibility index (Phi) is 3.82. The van der Waals surface area contributed by atoms with Gasteiger partial charge in [-0.05, 0) is 28.8 Å². The van der Waals surface area contributed by atoms with Crippen molar-refractivity contribution in [2.45, 2.75) is 20.3 Å². The van der Waals surface area contributed by atoms with Crippen molar-refractivity contribution in [2.24, 2.45) is 5.92 Å². The van der Waals surface area contributed by atoms with E-state index >= 15 is 0 Å². The van der Waals surface area contributed by atoms with Crippen molar-refractivity contribution in [2.75, 3.05) is 5.43 Å². The van der Waals surface area contributed by atoms with E-state index in [1.54, 1.807) is 0 Å². The summed E-state index contributed by atoms with van der Waals surface area (Å²) in [6, 6.07) is 14.1. The molecule has 18 heavy (non-hydrogen) atoms. The molecular formula is C15H18N2O. The number of rotatable bonds is 4. The molecule has 0 spiro atoms. The van der Waals surface area contributed by atoms with Crippen LogP contribution in [0.25, 0.3) is 10.8 Å². The van der Waals surface area contributed by atoms with Crippen molar-refractivity contribution >= 4 is 22.4 Å².